The Morgan fingerprint density at radius 2 is 2.00 bits per heavy atom. The molecule has 1 saturated carbocycles. The van der Waals surface area contributed by atoms with Crippen LogP contribution in [0.1, 0.15) is 46.0 Å². The molecule has 15 heavy (non-hydrogen) atoms. The van der Waals surface area contributed by atoms with Crippen molar-refractivity contribution in [2.75, 3.05) is 26.7 Å². The summed E-state index contributed by atoms with van der Waals surface area (Å²) in [5, 5.41) is 3.47. The van der Waals surface area contributed by atoms with E-state index in [1.165, 1.54) is 45.2 Å². The molecule has 1 aliphatic rings. The van der Waals surface area contributed by atoms with Crippen LogP contribution in [0.5, 0.6) is 0 Å². The summed E-state index contributed by atoms with van der Waals surface area (Å²) in [7, 11) is 2.27. The molecule has 1 unspecified atom stereocenters. The molecule has 1 rings (SSSR count). The van der Waals surface area contributed by atoms with Gasteiger partial charge in [0.05, 0.1) is 0 Å². The van der Waals surface area contributed by atoms with Crippen LogP contribution in [0.25, 0.3) is 0 Å². The van der Waals surface area contributed by atoms with E-state index in [1.807, 2.05) is 0 Å². The zero-order valence-electron chi connectivity index (χ0n) is 10.8. The van der Waals surface area contributed by atoms with Gasteiger partial charge >= 0.3 is 0 Å². The van der Waals surface area contributed by atoms with E-state index in [1.54, 1.807) is 0 Å². The van der Waals surface area contributed by atoms with E-state index in [0.29, 0.717) is 6.04 Å². The molecule has 1 N–H and O–H groups in total. The molecule has 0 amide bonds. The summed E-state index contributed by atoms with van der Waals surface area (Å²) in [5.41, 5.74) is 0. The molecule has 0 aromatic rings. The first-order chi connectivity index (χ1) is 7.22. The summed E-state index contributed by atoms with van der Waals surface area (Å²) in [4.78, 5) is 2.52. The summed E-state index contributed by atoms with van der Waals surface area (Å²) < 4.78 is 0. The number of hydrogen-bond donors (Lipinski definition) is 1. The van der Waals surface area contributed by atoms with Crippen LogP contribution in [-0.4, -0.2) is 37.6 Å². The lowest BCUT2D eigenvalue weighted by molar-refractivity contribution is 0.265. The predicted molar refractivity (Wildman–Crippen MR) is 67.2 cm³/mol. The van der Waals surface area contributed by atoms with Gasteiger partial charge in [-0.1, -0.05) is 19.8 Å². The summed E-state index contributed by atoms with van der Waals surface area (Å²) in [6, 6.07) is 0.668. The third-order valence-electron chi connectivity index (χ3n) is 3.54. The van der Waals surface area contributed by atoms with Crippen molar-refractivity contribution in [2.45, 2.75) is 52.0 Å². The normalized spacial score (nSPS) is 20.0. The minimum Gasteiger partial charge on any atom is -0.314 e. The Hall–Kier alpha value is -0.0800. The quantitative estimate of drug-likeness (QED) is 0.697. The fourth-order valence-electron chi connectivity index (χ4n) is 2.59. The molecular formula is C13H28N2. The number of nitrogens with one attached hydrogen (secondary N) is 1. The Kier molecular flexibility index (Phi) is 6.26. The average Bonchev–Trinajstić information content (AvgIpc) is 2.68. The standard InChI is InChI=1S/C13H28N2/c1-4-14-12(2)9-10-15(3)11-13-7-5-6-8-13/h12-14H,4-11H2,1-3H3. The van der Waals surface area contributed by atoms with Crippen LogP contribution >= 0.6 is 0 Å². The molecule has 0 heterocycles. The van der Waals surface area contributed by atoms with E-state index in [4.69, 9.17) is 0 Å². The van der Waals surface area contributed by atoms with Crippen LogP contribution in [-0.2, 0) is 0 Å². The lowest BCUT2D eigenvalue weighted by atomic mass is 10.1. The monoisotopic (exact) mass is 212 g/mol. The van der Waals surface area contributed by atoms with Gasteiger partial charge in [0.25, 0.3) is 0 Å². The van der Waals surface area contributed by atoms with Crippen molar-refractivity contribution < 1.29 is 0 Å². The van der Waals surface area contributed by atoms with Crippen molar-refractivity contribution >= 4 is 0 Å². The van der Waals surface area contributed by atoms with E-state index < -0.39 is 0 Å². The molecule has 2 nitrogen and oxygen atoms in total. The van der Waals surface area contributed by atoms with Gasteiger partial charge in [0.15, 0.2) is 0 Å². The van der Waals surface area contributed by atoms with Gasteiger partial charge in [-0.05, 0) is 52.2 Å². The van der Waals surface area contributed by atoms with Gasteiger partial charge in [-0.3, -0.25) is 0 Å². The van der Waals surface area contributed by atoms with Crippen molar-refractivity contribution in [3.8, 4) is 0 Å². The smallest absolute Gasteiger partial charge is 0.00507 e. The van der Waals surface area contributed by atoms with Crippen LogP contribution in [0, 0.1) is 5.92 Å². The maximum Gasteiger partial charge on any atom is 0.00507 e. The molecule has 90 valence electrons. The summed E-state index contributed by atoms with van der Waals surface area (Å²) in [6.45, 7) is 8.11. The first kappa shape index (κ1) is 13.0. The average molecular weight is 212 g/mol. The topological polar surface area (TPSA) is 15.3 Å². The van der Waals surface area contributed by atoms with Crippen molar-refractivity contribution in [1.29, 1.82) is 0 Å². The second-order valence-corrected chi connectivity index (χ2v) is 5.16. The zero-order chi connectivity index (χ0) is 11.1. The molecule has 0 radical (unpaired) electrons. The lowest BCUT2D eigenvalue weighted by Crippen LogP contribution is -2.32. The highest BCUT2D eigenvalue weighted by atomic mass is 15.1. The SMILES string of the molecule is CCNC(C)CCN(C)CC1CCCC1. The zero-order valence-corrected chi connectivity index (χ0v) is 10.8. The fourth-order valence-corrected chi connectivity index (χ4v) is 2.59. The number of nitrogens with zero attached hydrogens (tertiary/aromatic N) is 1. The molecule has 0 aromatic carbocycles. The van der Waals surface area contributed by atoms with Crippen molar-refractivity contribution in [3.63, 3.8) is 0 Å². The third-order valence-corrected chi connectivity index (χ3v) is 3.54. The number of hydrogen-bond acceptors (Lipinski definition) is 2. The second kappa shape index (κ2) is 7.24. The molecule has 0 aromatic heterocycles. The molecule has 1 atom stereocenters. The van der Waals surface area contributed by atoms with E-state index in [9.17, 15) is 0 Å². The minimum atomic E-state index is 0.668. The molecule has 1 fully saturated rings. The van der Waals surface area contributed by atoms with E-state index in [2.05, 4.69) is 31.1 Å². The van der Waals surface area contributed by atoms with Gasteiger partial charge in [-0.25, -0.2) is 0 Å². The van der Waals surface area contributed by atoms with Gasteiger partial charge in [0.2, 0.25) is 0 Å². The van der Waals surface area contributed by atoms with Gasteiger partial charge < -0.3 is 10.2 Å². The molecule has 0 bridgehead atoms. The maximum absolute atomic E-state index is 3.47. The highest BCUT2D eigenvalue weighted by molar-refractivity contribution is 4.71. The fraction of sp³-hybridized carbons (Fsp3) is 1.00. The van der Waals surface area contributed by atoms with Crippen molar-refractivity contribution in [2.24, 2.45) is 5.92 Å². The minimum absolute atomic E-state index is 0.668. The Labute approximate surface area is 95.4 Å². The van der Waals surface area contributed by atoms with Crippen LogP contribution in [0.2, 0.25) is 0 Å². The van der Waals surface area contributed by atoms with Gasteiger partial charge in [0, 0.05) is 12.6 Å². The molecule has 1 aliphatic carbocycles. The molecular weight excluding hydrogens is 184 g/mol. The Bertz CT molecular complexity index is 153. The lowest BCUT2D eigenvalue weighted by Gasteiger charge is -2.22. The van der Waals surface area contributed by atoms with Crippen molar-refractivity contribution in [1.82, 2.24) is 10.2 Å². The highest BCUT2D eigenvalue weighted by Crippen LogP contribution is 2.25. The molecule has 0 aliphatic heterocycles. The van der Waals surface area contributed by atoms with Crippen LogP contribution < -0.4 is 5.32 Å². The Morgan fingerprint density at radius 1 is 1.33 bits per heavy atom. The third kappa shape index (κ3) is 5.53. The van der Waals surface area contributed by atoms with Crippen LogP contribution in [0.4, 0.5) is 0 Å². The van der Waals surface area contributed by atoms with E-state index >= 15 is 0 Å². The molecule has 0 saturated heterocycles. The second-order valence-electron chi connectivity index (χ2n) is 5.16. The first-order valence-corrected chi connectivity index (χ1v) is 6.64. The predicted octanol–water partition coefficient (Wildman–Crippen LogP) is 2.50. The van der Waals surface area contributed by atoms with Crippen molar-refractivity contribution in [3.05, 3.63) is 0 Å². The summed E-state index contributed by atoms with van der Waals surface area (Å²) >= 11 is 0. The molecule has 0 spiro atoms. The van der Waals surface area contributed by atoms with Gasteiger partial charge in [-0.2, -0.15) is 0 Å². The Balaban J connectivity index is 2.04. The summed E-state index contributed by atoms with van der Waals surface area (Å²) in [5.74, 6) is 0.990. The van der Waals surface area contributed by atoms with Gasteiger partial charge in [-0.15, -0.1) is 0 Å². The Morgan fingerprint density at radius 3 is 2.60 bits per heavy atom. The van der Waals surface area contributed by atoms with E-state index in [-0.39, 0.29) is 0 Å². The first-order valence-electron chi connectivity index (χ1n) is 6.64. The van der Waals surface area contributed by atoms with E-state index in [0.717, 1.165) is 12.5 Å². The van der Waals surface area contributed by atoms with Crippen LogP contribution in [0.3, 0.4) is 0 Å². The summed E-state index contributed by atoms with van der Waals surface area (Å²) in [6.07, 6.45) is 7.13. The highest BCUT2D eigenvalue weighted by Gasteiger charge is 2.16. The molecule has 2 heteroatoms. The number of rotatable bonds is 7. The van der Waals surface area contributed by atoms with Gasteiger partial charge in [0.1, 0.15) is 0 Å². The van der Waals surface area contributed by atoms with Crippen LogP contribution in [0.15, 0.2) is 0 Å². The largest absolute Gasteiger partial charge is 0.314 e. The maximum atomic E-state index is 3.47.